The van der Waals surface area contributed by atoms with Crippen LogP contribution in [0.4, 0.5) is 0 Å². The van der Waals surface area contributed by atoms with Crippen molar-refractivity contribution in [3.8, 4) is 11.5 Å². The lowest BCUT2D eigenvalue weighted by molar-refractivity contribution is 0.0688. The molecule has 0 aliphatic carbocycles. The number of benzene rings is 1. The van der Waals surface area contributed by atoms with Crippen LogP contribution in [0.1, 0.15) is 17.4 Å². The lowest BCUT2D eigenvalue weighted by atomic mass is 10.3. The van der Waals surface area contributed by atoms with Crippen molar-refractivity contribution >= 4 is 17.6 Å². The van der Waals surface area contributed by atoms with Gasteiger partial charge in [-0.2, -0.15) is 5.10 Å². The number of carboxylic acid groups (broad SMARTS) is 1. The Morgan fingerprint density at radius 1 is 1.30 bits per heavy atom. The van der Waals surface area contributed by atoms with Crippen molar-refractivity contribution < 1.29 is 19.4 Å². The number of aromatic carboxylic acids is 1. The molecular weight excluding hydrogens is 284 g/mol. The predicted octanol–water partition coefficient (Wildman–Crippen LogP) is 2.67. The Morgan fingerprint density at radius 2 is 1.90 bits per heavy atom. The van der Waals surface area contributed by atoms with Crippen molar-refractivity contribution in [1.29, 1.82) is 0 Å². The molecule has 0 aliphatic rings. The summed E-state index contributed by atoms with van der Waals surface area (Å²) in [6.07, 6.45) is 1.40. The fourth-order valence-electron chi connectivity index (χ4n) is 1.55. The summed E-state index contributed by atoms with van der Waals surface area (Å²) in [5.41, 5.74) is -0.193. The van der Waals surface area contributed by atoms with Gasteiger partial charge >= 0.3 is 5.97 Å². The number of carboxylic acids is 1. The molecule has 0 radical (unpaired) electrons. The number of ether oxygens (including phenoxy) is 2. The summed E-state index contributed by atoms with van der Waals surface area (Å²) < 4.78 is 12.1. The van der Waals surface area contributed by atoms with Gasteiger partial charge in [0, 0.05) is 6.20 Å². The van der Waals surface area contributed by atoms with E-state index in [1.165, 1.54) is 10.9 Å². The van der Waals surface area contributed by atoms with Crippen LogP contribution < -0.4 is 9.47 Å². The topological polar surface area (TPSA) is 73.6 Å². The molecule has 6 nitrogen and oxygen atoms in total. The molecule has 0 unspecified atom stereocenters. The molecule has 0 spiro atoms. The van der Waals surface area contributed by atoms with Crippen LogP contribution in [0, 0.1) is 0 Å². The minimum absolute atomic E-state index is 0.0704. The van der Waals surface area contributed by atoms with Crippen LogP contribution >= 0.6 is 11.6 Å². The van der Waals surface area contributed by atoms with Crippen LogP contribution in [-0.2, 0) is 6.73 Å². The second-order valence-corrected chi connectivity index (χ2v) is 4.26. The van der Waals surface area contributed by atoms with Crippen molar-refractivity contribution in [2.24, 2.45) is 0 Å². The van der Waals surface area contributed by atoms with Crippen LogP contribution in [0.5, 0.6) is 11.5 Å². The van der Waals surface area contributed by atoms with Gasteiger partial charge in [-0.05, 0) is 31.2 Å². The number of halogens is 1. The van der Waals surface area contributed by atoms with E-state index < -0.39 is 5.97 Å². The Hall–Kier alpha value is -2.21. The molecule has 0 amide bonds. The van der Waals surface area contributed by atoms with Gasteiger partial charge in [0.15, 0.2) is 12.4 Å². The first-order chi connectivity index (χ1) is 9.60. The number of aromatic nitrogens is 2. The maximum Gasteiger partial charge on any atom is 0.357 e. The van der Waals surface area contributed by atoms with E-state index in [0.717, 1.165) is 5.75 Å². The number of hydrogen-bond acceptors (Lipinski definition) is 4. The van der Waals surface area contributed by atoms with Gasteiger partial charge in [0.2, 0.25) is 0 Å². The van der Waals surface area contributed by atoms with E-state index in [-0.39, 0.29) is 17.4 Å². The van der Waals surface area contributed by atoms with E-state index >= 15 is 0 Å². The van der Waals surface area contributed by atoms with E-state index in [2.05, 4.69) is 5.10 Å². The van der Waals surface area contributed by atoms with E-state index in [0.29, 0.717) is 12.4 Å². The lowest BCUT2D eigenvalue weighted by Crippen LogP contribution is -2.07. The molecule has 0 saturated heterocycles. The Morgan fingerprint density at radius 3 is 2.40 bits per heavy atom. The SMILES string of the molecule is CCOc1ccc(OCn2cc(Cl)c(C(=O)O)n2)cc1. The van der Waals surface area contributed by atoms with E-state index in [1.807, 2.05) is 6.92 Å². The van der Waals surface area contributed by atoms with E-state index in [4.69, 9.17) is 26.2 Å². The third-order valence-electron chi connectivity index (χ3n) is 2.42. The fraction of sp³-hybridized carbons (Fsp3) is 0.231. The number of carbonyl (C=O) groups is 1. The van der Waals surface area contributed by atoms with Gasteiger partial charge in [-0.1, -0.05) is 11.6 Å². The minimum Gasteiger partial charge on any atom is -0.494 e. The minimum atomic E-state index is -1.17. The Labute approximate surface area is 120 Å². The smallest absolute Gasteiger partial charge is 0.357 e. The highest BCUT2D eigenvalue weighted by atomic mass is 35.5. The molecule has 0 bridgehead atoms. The van der Waals surface area contributed by atoms with Gasteiger partial charge in [-0.15, -0.1) is 0 Å². The van der Waals surface area contributed by atoms with Crippen LogP contribution in [0.25, 0.3) is 0 Å². The third-order valence-corrected chi connectivity index (χ3v) is 2.69. The summed E-state index contributed by atoms with van der Waals surface area (Å²) in [5, 5.41) is 12.7. The van der Waals surface area contributed by atoms with Gasteiger partial charge in [-0.25, -0.2) is 9.48 Å². The summed E-state index contributed by atoms with van der Waals surface area (Å²) in [4.78, 5) is 10.8. The highest BCUT2D eigenvalue weighted by molar-refractivity contribution is 6.33. The molecule has 1 heterocycles. The quantitative estimate of drug-likeness (QED) is 0.887. The average Bonchev–Trinajstić information content (AvgIpc) is 2.80. The molecular formula is C13H13ClN2O4. The molecule has 1 N–H and O–H groups in total. The lowest BCUT2D eigenvalue weighted by Gasteiger charge is -2.07. The summed E-state index contributed by atoms with van der Waals surface area (Å²) in [5.74, 6) is 0.210. The van der Waals surface area contributed by atoms with Crippen molar-refractivity contribution in [2.45, 2.75) is 13.7 Å². The molecule has 20 heavy (non-hydrogen) atoms. The highest BCUT2D eigenvalue weighted by Gasteiger charge is 2.13. The second-order valence-electron chi connectivity index (χ2n) is 3.85. The zero-order valence-corrected chi connectivity index (χ0v) is 11.5. The van der Waals surface area contributed by atoms with Crippen LogP contribution in [0.3, 0.4) is 0 Å². The fourth-order valence-corrected chi connectivity index (χ4v) is 1.78. The van der Waals surface area contributed by atoms with E-state index in [9.17, 15) is 4.79 Å². The highest BCUT2D eigenvalue weighted by Crippen LogP contribution is 2.18. The molecule has 106 valence electrons. The summed E-state index contributed by atoms with van der Waals surface area (Å²) in [7, 11) is 0. The van der Waals surface area contributed by atoms with Gasteiger partial charge in [0.1, 0.15) is 11.5 Å². The Kier molecular flexibility index (Phi) is 4.47. The van der Waals surface area contributed by atoms with Crippen LogP contribution in [0.2, 0.25) is 5.02 Å². The zero-order valence-electron chi connectivity index (χ0n) is 10.7. The first kappa shape index (κ1) is 14.2. The van der Waals surface area contributed by atoms with Crippen molar-refractivity contribution in [3.05, 3.63) is 41.2 Å². The first-order valence-corrected chi connectivity index (χ1v) is 6.30. The van der Waals surface area contributed by atoms with Gasteiger partial charge in [-0.3, -0.25) is 0 Å². The largest absolute Gasteiger partial charge is 0.494 e. The number of hydrogen-bond donors (Lipinski definition) is 1. The zero-order chi connectivity index (χ0) is 14.5. The van der Waals surface area contributed by atoms with Crippen molar-refractivity contribution in [2.75, 3.05) is 6.61 Å². The van der Waals surface area contributed by atoms with Crippen molar-refractivity contribution in [3.63, 3.8) is 0 Å². The summed E-state index contributed by atoms with van der Waals surface area (Å²) in [6.45, 7) is 2.58. The maximum atomic E-state index is 10.8. The van der Waals surface area contributed by atoms with Crippen LogP contribution in [0.15, 0.2) is 30.5 Å². The predicted molar refractivity (Wildman–Crippen MR) is 72.4 cm³/mol. The van der Waals surface area contributed by atoms with Crippen molar-refractivity contribution in [1.82, 2.24) is 9.78 Å². The molecule has 0 aliphatic heterocycles. The second kappa shape index (κ2) is 6.29. The monoisotopic (exact) mass is 296 g/mol. The summed E-state index contributed by atoms with van der Waals surface area (Å²) in [6, 6.07) is 7.09. The maximum absolute atomic E-state index is 10.8. The average molecular weight is 297 g/mol. The molecule has 1 aromatic heterocycles. The molecule has 0 fully saturated rings. The first-order valence-electron chi connectivity index (χ1n) is 5.92. The van der Waals surface area contributed by atoms with Gasteiger partial charge in [0.25, 0.3) is 0 Å². The molecule has 0 saturated carbocycles. The molecule has 2 aromatic rings. The normalized spacial score (nSPS) is 10.3. The number of rotatable bonds is 6. The molecule has 0 atom stereocenters. The van der Waals surface area contributed by atoms with E-state index in [1.54, 1.807) is 24.3 Å². The third kappa shape index (κ3) is 3.42. The Balaban J connectivity index is 1.98. The number of nitrogens with zero attached hydrogens (tertiary/aromatic N) is 2. The standard InChI is InChI=1S/C13H13ClN2O4/c1-2-19-9-3-5-10(6-4-9)20-8-16-7-11(14)12(15-16)13(17)18/h3-7H,2,8H2,1H3,(H,17,18). The summed E-state index contributed by atoms with van der Waals surface area (Å²) >= 11 is 5.74. The molecule has 7 heteroatoms. The molecule has 1 aromatic carbocycles. The van der Waals surface area contributed by atoms with Gasteiger partial charge < -0.3 is 14.6 Å². The van der Waals surface area contributed by atoms with Gasteiger partial charge in [0.05, 0.1) is 11.6 Å². The van der Waals surface area contributed by atoms with Crippen LogP contribution in [-0.4, -0.2) is 27.5 Å². The molecule has 2 rings (SSSR count). The Bertz CT molecular complexity index is 595.